The van der Waals surface area contributed by atoms with E-state index in [9.17, 15) is 8.42 Å². The van der Waals surface area contributed by atoms with Gasteiger partial charge in [0.1, 0.15) is 0 Å². The Morgan fingerprint density at radius 1 is 1.18 bits per heavy atom. The Kier molecular flexibility index (Phi) is 7.91. The largest absolute Gasteiger partial charge is 0.426 e. The molecule has 0 amide bonds. The molecule has 7 heteroatoms. The molecule has 0 aliphatic rings. The quantitative estimate of drug-likeness (QED) is 0.494. The molecule has 6 nitrogen and oxygen atoms in total. The van der Waals surface area contributed by atoms with Crippen LogP contribution in [0.3, 0.4) is 0 Å². The first-order chi connectivity index (χ1) is 4.62. The van der Waals surface area contributed by atoms with Gasteiger partial charge in [-0.15, -0.1) is 0 Å². The molecule has 0 atom stereocenters. The summed E-state index contributed by atoms with van der Waals surface area (Å²) in [6, 6.07) is 0. The molecule has 70 valence electrons. The Bertz CT molecular complexity index is 165. The van der Waals surface area contributed by atoms with E-state index in [0.29, 0.717) is 0 Å². The third-order valence-electron chi connectivity index (χ3n) is 0.511. The maximum atomic E-state index is 10.4. The predicted molar refractivity (Wildman–Crippen MR) is 38.3 cm³/mol. The van der Waals surface area contributed by atoms with Gasteiger partial charge in [0, 0.05) is 0 Å². The van der Waals surface area contributed by atoms with Gasteiger partial charge in [-0.05, 0) is 13.8 Å². The monoisotopic (exact) mass is 187 g/mol. The summed E-state index contributed by atoms with van der Waals surface area (Å²) in [5.74, 6) is 0. The van der Waals surface area contributed by atoms with Gasteiger partial charge >= 0.3 is 10.4 Å². The Morgan fingerprint density at radius 2 is 1.73 bits per heavy atom. The molecular weight excluding hydrogens is 174 g/mol. The summed E-state index contributed by atoms with van der Waals surface area (Å²) in [5, 5.41) is 0. The van der Waals surface area contributed by atoms with E-state index in [0.717, 1.165) is 0 Å². The Morgan fingerprint density at radius 3 is 2.09 bits per heavy atom. The minimum absolute atomic E-state index is 0. The highest BCUT2D eigenvalue weighted by molar-refractivity contribution is 7.81. The first-order valence-electron chi connectivity index (χ1n) is 2.82. The molecule has 0 radical (unpaired) electrons. The van der Waals surface area contributed by atoms with Crippen molar-refractivity contribution in [2.24, 2.45) is 0 Å². The summed E-state index contributed by atoms with van der Waals surface area (Å²) in [6.07, 6.45) is 0. The van der Waals surface area contributed by atoms with E-state index in [4.69, 9.17) is 0 Å². The van der Waals surface area contributed by atoms with Crippen molar-refractivity contribution in [3.63, 3.8) is 0 Å². The highest BCUT2D eigenvalue weighted by Gasteiger charge is 2.10. The maximum Gasteiger partial charge on any atom is 0.426 e. The average molecular weight is 187 g/mol. The minimum Gasteiger partial charge on any atom is -0.344 e. The molecule has 0 unspecified atom stereocenters. The number of hydrogen-bond acceptors (Lipinski definition) is 6. The smallest absolute Gasteiger partial charge is 0.344 e. The molecule has 3 N–H and O–H groups in total. The van der Waals surface area contributed by atoms with Crippen LogP contribution in [0.15, 0.2) is 0 Å². The van der Waals surface area contributed by atoms with Gasteiger partial charge in [-0.1, -0.05) is 4.33 Å². The molecule has 0 aromatic carbocycles. The molecule has 0 rings (SSSR count). The fraction of sp³-hybridized carbons (Fsp3) is 1.00. The van der Waals surface area contributed by atoms with E-state index in [1.165, 1.54) is 6.92 Å². The van der Waals surface area contributed by atoms with Crippen molar-refractivity contribution in [3.8, 4) is 0 Å². The van der Waals surface area contributed by atoms with E-state index in [1.807, 2.05) is 0 Å². The molecule has 0 saturated heterocycles. The number of hydrogen-bond donors (Lipinski definition) is 1. The topological polar surface area (TPSA) is 96.8 Å². The summed E-state index contributed by atoms with van der Waals surface area (Å²) < 4.78 is 28.9. The Hall–Kier alpha value is -0.210. The van der Waals surface area contributed by atoms with Crippen molar-refractivity contribution in [2.75, 3.05) is 13.2 Å². The van der Waals surface area contributed by atoms with Crippen molar-refractivity contribution >= 4 is 10.4 Å². The second-order valence-corrected chi connectivity index (χ2v) is 2.48. The van der Waals surface area contributed by atoms with Gasteiger partial charge in [0.15, 0.2) is 0 Å². The van der Waals surface area contributed by atoms with Crippen LogP contribution in [0.2, 0.25) is 0 Å². The summed E-state index contributed by atoms with van der Waals surface area (Å²) >= 11 is 0. The minimum atomic E-state index is -3.92. The van der Waals surface area contributed by atoms with Crippen LogP contribution in [-0.2, 0) is 23.8 Å². The van der Waals surface area contributed by atoms with Gasteiger partial charge in [0.2, 0.25) is 0 Å². The van der Waals surface area contributed by atoms with E-state index in [-0.39, 0.29) is 19.4 Å². The Labute approximate surface area is 66.3 Å². The molecule has 0 aliphatic heterocycles. The van der Waals surface area contributed by atoms with Gasteiger partial charge in [-0.2, -0.15) is 8.42 Å². The van der Waals surface area contributed by atoms with Crippen molar-refractivity contribution < 1.29 is 21.8 Å². The number of rotatable bonds is 5. The fourth-order valence-electron chi connectivity index (χ4n) is 0.271. The third-order valence-corrected chi connectivity index (χ3v) is 1.30. The van der Waals surface area contributed by atoms with Gasteiger partial charge in [0.05, 0.1) is 13.2 Å². The lowest BCUT2D eigenvalue weighted by Crippen LogP contribution is -2.10. The molecule has 11 heavy (non-hydrogen) atoms. The van der Waals surface area contributed by atoms with Gasteiger partial charge in [0.25, 0.3) is 0 Å². The predicted octanol–water partition coefficient (Wildman–Crippen LogP) is 0.398. The lowest BCUT2D eigenvalue weighted by molar-refractivity contribution is -0.204. The van der Waals surface area contributed by atoms with E-state index in [1.54, 1.807) is 6.92 Å². The van der Waals surface area contributed by atoms with Gasteiger partial charge in [-0.25, -0.2) is 9.07 Å². The van der Waals surface area contributed by atoms with Crippen molar-refractivity contribution in [3.05, 3.63) is 0 Å². The van der Waals surface area contributed by atoms with Crippen LogP contribution in [0.5, 0.6) is 0 Å². The van der Waals surface area contributed by atoms with E-state index >= 15 is 0 Å². The standard InChI is InChI=1S/C4H10O5S.H3N/c1-3-7-9-10(5,6)8-4-2;/h3-4H2,1-2H3;1H3. The zero-order chi connectivity index (χ0) is 8.04. The van der Waals surface area contributed by atoms with Crippen molar-refractivity contribution in [2.45, 2.75) is 13.8 Å². The van der Waals surface area contributed by atoms with Gasteiger partial charge in [-0.3, -0.25) is 0 Å². The fourth-order valence-corrected chi connectivity index (χ4v) is 0.813. The highest BCUT2D eigenvalue weighted by Crippen LogP contribution is 1.95. The summed E-state index contributed by atoms with van der Waals surface area (Å²) in [5.41, 5.74) is 0. The summed E-state index contributed by atoms with van der Waals surface area (Å²) in [6.45, 7) is 3.33. The average Bonchev–Trinajstić information content (AvgIpc) is 1.84. The van der Waals surface area contributed by atoms with Crippen LogP contribution in [0.25, 0.3) is 0 Å². The van der Waals surface area contributed by atoms with Crippen LogP contribution in [0, 0.1) is 0 Å². The van der Waals surface area contributed by atoms with Crippen molar-refractivity contribution in [1.82, 2.24) is 6.15 Å². The third kappa shape index (κ3) is 7.69. The molecule has 0 saturated carbocycles. The van der Waals surface area contributed by atoms with E-state index < -0.39 is 10.4 Å². The Balaban J connectivity index is 0. The van der Waals surface area contributed by atoms with E-state index in [2.05, 4.69) is 13.4 Å². The molecule has 0 bridgehead atoms. The first kappa shape index (κ1) is 13.4. The molecular formula is C4H13NO5S. The lowest BCUT2D eigenvalue weighted by Gasteiger charge is -1.99. The zero-order valence-electron chi connectivity index (χ0n) is 6.57. The molecule has 0 aliphatic carbocycles. The van der Waals surface area contributed by atoms with Crippen LogP contribution >= 0.6 is 0 Å². The SMILES string of the molecule is CCOOS(=O)(=O)OCC.N. The normalized spacial score (nSPS) is 10.7. The molecule has 0 heterocycles. The summed E-state index contributed by atoms with van der Waals surface area (Å²) in [4.78, 5) is 4.14. The summed E-state index contributed by atoms with van der Waals surface area (Å²) in [7, 11) is -3.92. The molecule has 0 fully saturated rings. The van der Waals surface area contributed by atoms with Gasteiger partial charge < -0.3 is 6.15 Å². The second kappa shape index (κ2) is 6.50. The molecule has 0 aromatic rings. The zero-order valence-corrected chi connectivity index (χ0v) is 7.39. The van der Waals surface area contributed by atoms with Crippen LogP contribution < -0.4 is 6.15 Å². The molecule has 0 spiro atoms. The second-order valence-electron chi connectivity index (χ2n) is 1.29. The van der Waals surface area contributed by atoms with Crippen molar-refractivity contribution in [1.29, 1.82) is 0 Å². The van der Waals surface area contributed by atoms with Crippen LogP contribution in [0.4, 0.5) is 0 Å². The molecule has 0 aromatic heterocycles. The first-order valence-corrected chi connectivity index (χ1v) is 4.16. The maximum absolute atomic E-state index is 10.4. The van der Waals surface area contributed by atoms with Crippen LogP contribution in [-0.4, -0.2) is 21.6 Å². The van der Waals surface area contributed by atoms with Crippen LogP contribution in [0.1, 0.15) is 13.8 Å². The highest BCUT2D eigenvalue weighted by atomic mass is 32.3. The lowest BCUT2D eigenvalue weighted by atomic mass is 10.9.